The predicted molar refractivity (Wildman–Crippen MR) is 88.8 cm³/mol. The molecule has 26 heavy (non-hydrogen) atoms. The molecule has 0 amide bonds. The molecular weight excluding hydrogens is 342 g/mol. The third-order valence-corrected chi connectivity index (χ3v) is 5.02. The van der Waals surface area contributed by atoms with E-state index < -0.39 is 11.9 Å². The normalized spacial score (nSPS) is 24.5. The molecule has 1 aliphatic carbocycles. The van der Waals surface area contributed by atoms with Gasteiger partial charge in [-0.3, -0.25) is 0 Å². The number of nitrogens with one attached hydrogen (secondary N) is 1. The minimum absolute atomic E-state index is 0.0235. The number of morpholine rings is 1. The number of fused-ring (bicyclic) bond motifs is 2. The summed E-state index contributed by atoms with van der Waals surface area (Å²) in [6.45, 7) is 7.23. The number of carbonyl (C=O) groups is 2. The van der Waals surface area contributed by atoms with Gasteiger partial charge < -0.3 is 34.9 Å². The van der Waals surface area contributed by atoms with E-state index in [1.165, 1.54) is 0 Å². The van der Waals surface area contributed by atoms with E-state index in [0.717, 1.165) is 50.1 Å². The number of phenolic OH excluding ortho intramolecular Hbond substituents is 2. The van der Waals surface area contributed by atoms with E-state index in [-0.39, 0.29) is 17.1 Å². The maximum absolute atomic E-state index is 9.85. The number of phenols is 2. The molecule has 1 aliphatic heterocycles. The van der Waals surface area contributed by atoms with Crippen LogP contribution in [0.15, 0.2) is 12.1 Å². The lowest BCUT2D eigenvalue weighted by atomic mass is 9.77. The van der Waals surface area contributed by atoms with Crippen LogP contribution in [0, 0.1) is 0 Å². The first-order valence-corrected chi connectivity index (χ1v) is 8.64. The number of benzene rings is 1. The van der Waals surface area contributed by atoms with E-state index in [4.69, 9.17) is 24.5 Å². The minimum atomic E-state index is -2.07. The van der Waals surface area contributed by atoms with Crippen molar-refractivity contribution in [3.8, 4) is 11.5 Å². The van der Waals surface area contributed by atoms with Crippen molar-refractivity contribution in [2.24, 2.45) is 0 Å². The molecule has 8 nitrogen and oxygen atoms in total. The van der Waals surface area contributed by atoms with Crippen LogP contribution in [0.5, 0.6) is 11.5 Å². The Labute approximate surface area is 151 Å². The molecule has 1 heterocycles. The summed E-state index contributed by atoms with van der Waals surface area (Å²) in [7, 11) is 0. The molecule has 2 atom stereocenters. The molecule has 0 radical (unpaired) electrons. The number of quaternary nitrogens is 1. The highest BCUT2D eigenvalue weighted by molar-refractivity contribution is 6.26. The Bertz CT molecular complexity index is 676. The maximum atomic E-state index is 9.85. The van der Waals surface area contributed by atoms with Crippen LogP contribution in [0.1, 0.15) is 37.8 Å². The lowest BCUT2D eigenvalue weighted by Gasteiger charge is -2.45. The second-order valence-corrected chi connectivity index (χ2v) is 7.03. The first-order chi connectivity index (χ1) is 12.2. The third kappa shape index (κ3) is 4.25. The second-order valence-electron chi connectivity index (χ2n) is 7.03. The zero-order valence-electron chi connectivity index (χ0n) is 14.9. The van der Waals surface area contributed by atoms with Crippen LogP contribution >= 0.6 is 0 Å². The van der Waals surface area contributed by atoms with Crippen LogP contribution in [0.25, 0.3) is 0 Å². The van der Waals surface area contributed by atoms with Crippen LogP contribution in [-0.4, -0.2) is 53.0 Å². The van der Waals surface area contributed by atoms with Gasteiger partial charge in [-0.1, -0.05) is 0 Å². The van der Waals surface area contributed by atoms with E-state index in [1.807, 2.05) is 0 Å². The number of carbonyl (C=O) groups excluding carboxylic acids is 1. The molecule has 2 unspecified atom stereocenters. The van der Waals surface area contributed by atoms with Gasteiger partial charge in [0.05, 0.1) is 12.6 Å². The highest BCUT2D eigenvalue weighted by atomic mass is 16.5. The van der Waals surface area contributed by atoms with Crippen molar-refractivity contribution in [3.05, 3.63) is 23.3 Å². The van der Waals surface area contributed by atoms with Crippen molar-refractivity contribution in [3.63, 3.8) is 0 Å². The number of carboxylic acid groups (broad SMARTS) is 2. The van der Waals surface area contributed by atoms with E-state index >= 15 is 0 Å². The topological polar surface area (TPSA) is 132 Å². The summed E-state index contributed by atoms with van der Waals surface area (Å²) in [5.41, 5.74) is 1.92. The average molecular weight is 367 g/mol. The van der Waals surface area contributed by atoms with Gasteiger partial charge in [-0.25, -0.2) is 4.79 Å². The Kier molecular flexibility index (Phi) is 6.09. The summed E-state index contributed by atoms with van der Waals surface area (Å²) in [5.74, 6) is -4.07. The molecule has 8 heteroatoms. The second kappa shape index (κ2) is 7.92. The largest absolute Gasteiger partial charge is 0.539 e. The smallest absolute Gasteiger partial charge is 0.351 e. The lowest BCUT2D eigenvalue weighted by Crippen LogP contribution is -3.18. The molecule has 1 saturated heterocycles. The van der Waals surface area contributed by atoms with Gasteiger partial charge in [0, 0.05) is 0 Å². The fourth-order valence-electron chi connectivity index (χ4n) is 3.66. The molecule has 0 bridgehead atoms. The van der Waals surface area contributed by atoms with Gasteiger partial charge in [-0.2, -0.15) is 0 Å². The third-order valence-electron chi connectivity index (χ3n) is 5.02. The van der Waals surface area contributed by atoms with Crippen LogP contribution < -0.4 is 10.0 Å². The number of carboxylic acids is 2. The molecular formula is C18H25NO7. The maximum Gasteiger partial charge on any atom is 0.351 e. The number of aromatic hydroxyl groups is 2. The Hall–Kier alpha value is -2.32. The Balaban J connectivity index is 0.000000352. The van der Waals surface area contributed by atoms with E-state index in [2.05, 4.69) is 13.8 Å². The van der Waals surface area contributed by atoms with Crippen LogP contribution in [-0.2, 0) is 26.3 Å². The molecule has 1 spiro atoms. The standard InChI is InChI=1S/C16H23NO3.C2H2O4/c1-11(2)17-6-7-20-16(10-17)5-3-4-12-8-14(18)15(19)9-13(12)16;3-1(4)2(5)6/h8-9,11,18-19H,3-7,10H2,1-2H3;(H,3,4)(H,5,6). The van der Waals surface area contributed by atoms with Gasteiger partial charge in [-0.05, 0) is 56.4 Å². The van der Waals surface area contributed by atoms with Crippen LogP contribution in [0.3, 0.4) is 0 Å². The van der Waals surface area contributed by atoms with Crippen molar-refractivity contribution in [2.45, 2.75) is 44.8 Å². The molecule has 1 fully saturated rings. The first-order valence-electron chi connectivity index (χ1n) is 8.64. The summed E-state index contributed by atoms with van der Waals surface area (Å²) in [5, 5.41) is 35.9. The summed E-state index contributed by atoms with van der Waals surface area (Å²) in [6, 6.07) is 4.00. The van der Waals surface area contributed by atoms with Crippen molar-refractivity contribution in [2.75, 3.05) is 19.7 Å². The molecule has 1 aromatic rings. The van der Waals surface area contributed by atoms with Gasteiger partial charge in [0.15, 0.2) is 17.5 Å². The zero-order valence-corrected chi connectivity index (χ0v) is 14.9. The van der Waals surface area contributed by atoms with Crippen LogP contribution in [0.4, 0.5) is 0 Å². The van der Waals surface area contributed by atoms with Crippen molar-refractivity contribution in [1.29, 1.82) is 0 Å². The Morgan fingerprint density at radius 2 is 1.88 bits per heavy atom. The fraction of sp³-hybridized carbons (Fsp3) is 0.556. The number of ether oxygens (including phenoxy) is 1. The summed E-state index contributed by atoms with van der Waals surface area (Å²) in [6.07, 6.45) is 3.02. The van der Waals surface area contributed by atoms with E-state index in [0.29, 0.717) is 6.04 Å². The van der Waals surface area contributed by atoms with Crippen molar-refractivity contribution < 1.29 is 39.7 Å². The predicted octanol–water partition coefficient (Wildman–Crippen LogP) is -1.23. The van der Waals surface area contributed by atoms with E-state index in [1.54, 1.807) is 17.0 Å². The molecule has 2 aliphatic rings. The number of aryl methyl sites for hydroxylation is 1. The number of hydrogen-bond acceptors (Lipinski definition) is 6. The van der Waals surface area contributed by atoms with Crippen molar-refractivity contribution >= 4 is 11.9 Å². The minimum Gasteiger partial charge on any atom is -0.539 e. The molecule has 144 valence electrons. The van der Waals surface area contributed by atoms with Crippen LogP contribution in [0.2, 0.25) is 0 Å². The van der Waals surface area contributed by atoms with Gasteiger partial charge in [0.2, 0.25) is 0 Å². The summed E-state index contributed by atoms with van der Waals surface area (Å²) in [4.78, 5) is 19.6. The molecule has 3 rings (SSSR count). The van der Waals surface area contributed by atoms with E-state index in [9.17, 15) is 10.2 Å². The lowest BCUT2D eigenvalue weighted by molar-refractivity contribution is -0.938. The van der Waals surface area contributed by atoms with Crippen molar-refractivity contribution in [1.82, 2.24) is 0 Å². The number of rotatable bonds is 1. The molecule has 0 saturated carbocycles. The first kappa shape index (κ1) is 20.0. The average Bonchev–Trinajstić information content (AvgIpc) is 2.57. The van der Waals surface area contributed by atoms with Gasteiger partial charge in [0.1, 0.15) is 18.7 Å². The Morgan fingerprint density at radius 3 is 2.46 bits per heavy atom. The number of aliphatic carboxylic acids is 2. The highest BCUT2D eigenvalue weighted by Gasteiger charge is 2.45. The fourth-order valence-corrected chi connectivity index (χ4v) is 3.66. The monoisotopic (exact) mass is 367 g/mol. The van der Waals surface area contributed by atoms with Gasteiger partial charge >= 0.3 is 5.97 Å². The summed E-state index contributed by atoms with van der Waals surface area (Å²) < 4.78 is 6.19. The molecule has 1 aromatic carbocycles. The number of hydrogen-bond donors (Lipinski definition) is 4. The SMILES string of the molecule is CC(C)[NH+]1CCOC2(CCCc3cc(O)c(O)cc32)C1.O=C([O-])C(=O)O. The quantitative estimate of drug-likeness (QED) is 0.361. The zero-order chi connectivity index (χ0) is 19.5. The molecule has 0 aromatic heterocycles. The summed E-state index contributed by atoms with van der Waals surface area (Å²) >= 11 is 0. The highest BCUT2D eigenvalue weighted by Crippen LogP contribution is 2.42. The van der Waals surface area contributed by atoms with Gasteiger partial charge in [-0.15, -0.1) is 0 Å². The molecule has 4 N–H and O–H groups in total. The Morgan fingerprint density at radius 1 is 1.27 bits per heavy atom. The van der Waals surface area contributed by atoms with Gasteiger partial charge in [0.25, 0.3) is 0 Å².